The summed E-state index contributed by atoms with van der Waals surface area (Å²) in [6.45, 7) is 2.06. The standard InChI is InChI=1S/C26H35N3O3/c30-24-16-32-26(17-29(24)20-8-9-20)14-21-10-11-22(15-26)28(21)13-12-23(18-4-2-1-3-5-18)27-25(31)19-6-7-19/h1-5,19-23H,6-17H2,(H,27,31)/t21-,22-,23-/m0/s1. The van der Waals surface area contributed by atoms with E-state index in [9.17, 15) is 9.59 Å². The third kappa shape index (κ3) is 4.08. The molecular formula is C26H35N3O3. The molecule has 32 heavy (non-hydrogen) atoms. The topological polar surface area (TPSA) is 61.9 Å². The van der Waals surface area contributed by atoms with Crippen molar-refractivity contribution >= 4 is 11.8 Å². The second kappa shape index (κ2) is 8.14. The highest BCUT2D eigenvalue weighted by atomic mass is 16.5. The number of hydrogen-bond donors (Lipinski definition) is 1. The molecule has 6 rings (SSSR count). The predicted octanol–water partition coefficient (Wildman–Crippen LogP) is 3.03. The molecule has 3 atom stereocenters. The van der Waals surface area contributed by atoms with Crippen LogP contribution in [0.15, 0.2) is 30.3 Å². The average molecular weight is 438 g/mol. The smallest absolute Gasteiger partial charge is 0.248 e. The summed E-state index contributed by atoms with van der Waals surface area (Å²) < 4.78 is 6.26. The molecule has 1 spiro atoms. The van der Waals surface area contributed by atoms with Crippen LogP contribution in [0.4, 0.5) is 0 Å². The molecule has 0 unspecified atom stereocenters. The van der Waals surface area contributed by atoms with Gasteiger partial charge in [0.15, 0.2) is 0 Å². The number of piperidine rings is 1. The van der Waals surface area contributed by atoms with Gasteiger partial charge in [0.1, 0.15) is 6.61 Å². The van der Waals surface area contributed by atoms with Crippen molar-refractivity contribution in [2.24, 2.45) is 5.92 Å². The average Bonchev–Trinajstić information content (AvgIpc) is 3.71. The molecule has 1 aromatic rings. The van der Waals surface area contributed by atoms with E-state index in [2.05, 4.69) is 39.4 Å². The molecule has 5 fully saturated rings. The van der Waals surface area contributed by atoms with Gasteiger partial charge in [0, 0.05) is 30.6 Å². The van der Waals surface area contributed by atoms with Gasteiger partial charge in [0.25, 0.3) is 0 Å². The minimum Gasteiger partial charge on any atom is -0.363 e. The van der Waals surface area contributed by atoms with Crippen LogP contribution in [0.3, 0.4) is 0 Å². The van der Waals surface area contributed by atoms with Crippen molar-refractivity contribution in [2.45, 2.75) is 87.6 Å². The number of ether oxygens (including phenoxy) is 1. The SMILES string of the molecule is O=C(N[C@@H](CCN1[C@H]2CC[C@H]1CC1(C2)CN(C2CC2)C(=O)CO1)c1ccccc1)C1CC1. The lowest BCUT2D eigenvalue weighted by Crippen LogP contribution is -2.61. The van der Waals surface area contributed by atoms with Gasteiger partial charge in [-0.3, -0.25) is 14.5 Å². The fourth-order valence-electron chi connectivity index (χ4n) is 6.39. The van der Waals surface area contributed by atoms with Gasteiger partial charge < -0.3 is 15.0 Å². The number of rotatable bonds is 7. The lowest BCUT2D eigenvalue weighted by molar-refractivity contribution is -0.177. The number of carbonyl (C=O) groups excluding carboxylic acids is 2. The lowest BCUT2D eigenvalue weighted by atomic mass is 9.84. The predicted molar refractivity (Wildman–Crippen MR) is 121 cm³/mol. The Labute approximate surface area is 190 Å². The van der Waals surface area contributed by atoms with Crippen LogP contribution >= 0.6 is 0 Å². The Bertz CT molecular complexity index is 852. The monoisotopic (exact) mass is 437 g/mol. The van der Waals surface area contributed by atoms with Gasteiger partial charge in [0.2, 0.25) is 11.8 Å². The van der Waals surface area contributed by atoms with E-state index in [-0.39, 0.29) is 36.0 Å². The van der Waals surface area contributed by atoms with E-state index in [1.54, 1.807) is 0 Å². The summed E-state index contributed by atoms with van der Waals surface area (Å²) in [7, 11) is 0. The molecule has 5 aliphatic rings. The lowest BCUT2D eigenvalue weighted by Gasteiger charge is -2.50. The molecule has 3 aliphatic heterocycles. The number of carbonyl (C=O) groups is 2. The van der Waals surface area contributed by atoms with Crippen LogP contribution in [0.1, 0.15) is 69.4 Å². The molecule has 0 radical (unpaired) electrons. The molecule has 2 saturated carbocycles. The number of nitrogens with zero attached hydrogens (tertiary/aromatic N) is 2. The third-order valence-corrected chi connectivity index (χ3v) is 8.40. The molecule has 1 aromatic carbocycles. The second-order valence-electron chi connectivity index (χ2n) is 10.8. The first kappa shape index (κ1) is 20.7. The highest BCUT2D eigenvalue weighted by molar-refractivity contribution is 5.81. The van der Waals surface area contributed by atoms with Gasteiger partial charge in [-0.2, -0.15) is 0 Å². The maximum Gasteiger partial charge on any atom is 0.248 e. The Morgan fingerprint density at radius 3 is 2.38 bits per heavy atom. The largest absolute Gasteiger partial charge is 0.363 e. The molecular weight excluding hydrogens is 402 g/mol. The fraction of sp³-hybridized carbons (Fsp3) is 0.692. The van der Waals surface area contributed by atoms with E-state index in [4.69, 9.17) is 4.74 Å². The maximum atomic E-state index is 12.5. The van der Waals surface area contributed by atoms with Gasteiger partial charge in [0.05, 0.1) is 18.2 Å². The molecule has 3 saturated heterocycles. The van der Waals surface area contributed by atoms with E-state index in [1.165, 1.54) is 18.4 Å². The van der Waals surface area contributed by atoms with Crippen molar-refractivity contribution in [3.63, 3.8) is 0 Å². The Kier molecular flexibility index (Phi) is 5.26. The van der Waals surface area contributed by atoms with Crippen molar-refractivity contribution in [1.29, 1.82) is 0 Å². The van der Waals surface area contributed by atoms with Crippen LogP contribution in [0, 0.1) is 5.92 Å². The highest BCUT2D eigenvalue weighted by Crippen LogP contribution is 2.45. The first-order valence-electron chi connectivity index (χ1n) is 12.6. The van der Waals surface area contributed by atoms with Crippen LogP contribution in [0.5, 0.6) is 0 Å². The zero-order chi connectivity index (χ0) is 21.7. The van der Waals surface area contributed by atoms with Crippen molar-refractivity contribution < 1.29 is 14.3 Å². The summed E-state index contributed by atoms with van der Waals surface area (Å²) in [5.41, 5.74) is 1.06. The molecule has 172 valence electrons. The van der Waals surface area contributed by atoms with Gasteiger partial charge in [-0.15, -0.1) is 0 Å². The fourth-order valence-corrected chi connectivity index (χ4v) is 6.39. The van der Waals surface area contributed by atoms with Crippen LogP contribution in [0.25, 0.3) is 0 Å². The summed E-state index contributed by atoms with van der Waals surface area (Å²) in [5, 5.41) is 3.34. The molecule has 2 aliphatic carbocycles. The molecule has 6 nitrogen and oxygen atoms in total. The van der Waals surface area contributed by atoms with Crippen LogP contribution in [-0.2, 0) is 14.3 Å². The minimum absolute atomic E-state index is 0.0773. The molecule has 2 amide bonds. The minimum atomic E-state index is -0.141. The highest BCUT2D eigenvalue weighted by Gasteiger charge is 2.53. The first-order valence-corrected chi connectivity index (χ1v) is 12.6. The number of amides is 2. The van der Waals surface area contributed by atoms with Gasteiger partial charge in [-0.1, -0.05) is 30.3 Å². The normalized spacial score (nSPS) is 33.5. The van der Waals surface area contributed by atoms with E-state index < -0.39 is 0 Å². The summed E-state index contributed by atoms with van der Waals surface area (Å²) >= 11 is 0. The maximum absolute atomic E-state index is 12.5. The van der Waals surface area contributed by atoms with E-state index >= 15 is 0 Å². The van der Waals surface area contributed by atoms with Crippen molar-refractivity contribution in [2.75, 3.05) is 19.7 Å². The van der Waals surface area contributed by atoms with Crippen LogP contribution in [-0.4, -0.2) is 65.0 Å². The molecule has 6 heteroatoms. The Morgan fingerprint density at radius 1 is 1.03 bits per heavy atom. The van der Waals surface area contributed by atoms with Crippen molar-refractivity contribution in [3.8, 4) is 0 Å². The Hall–Kier alpha value is -1.92. The van der Waals surface area contributed by atoms with Crippen LogP contribution in [0.2, 0.25) is 0 Å². The Balaban J connectivity index is 1.12. The van der Waals surface area contributed by atoms with Gasteiger partial charge in [-0.05, 0) is 63.4 Å². The zero-order valence-electron chi connectivity index (χ0n) is 18.9. The van der Waals surface area contributed by atoms with Gasteiger partial charge >= 0.3 is 0 Å². The number of nitrogens with one attached hydrogen (secondary N) is 1. The van der Waals surface area contributed by atoms with E-state index in [0.717, 1.165) is 58.0 Å². The summed E-state index contributed by atoms with van der Waals surface area (Å²) in [6, 6.07) is 12.0. The number of morpholine rings is 1. The van der Waals surface area contributed by atoms with Gasteiger partial charge in [-0.25, -0.2) is 0 Å². The molecule has 0 aromatic heterocycles. The van der Waals surface area contributed by atoms with Crippen LogP contribution < -0.4 is 5.32 Å². The van der Waals surface area contributed by atoms with Crippen molar-refractivity contribution in [3.05, 3.63) is 35.9 Å². The molecule has 3 heterocycles. The van der Waals surface area contributed by atoms with Crippen molar-refractivity contribution in [1.82, 2.24) is 15.1 Å². The quantitative estimate of drug-likeness (QED) is 0.712. The molecule has 1 N–H and O–H groups in total. The zero-order valence-corrected chi connectivity index (χ0v) is 18.9. The number of hydrogen-bond acceptors (Lipinski definition) is 4. The van der Waals surface area contributed by atoms with E-state index in [1.807, 2.05) is 6.07 Å². The summed E-state index contributed by atoms with van der Waals surface area (Å²) in [5.74, 6) is 0.637. The third-order valence-electron chi connectivity index (χ3n) is 8.40. The number of fused-ring (bicyclic) bond motifs is 2. The second-order valence-corrected chi connectivity index (χ2v) is 10.8. The van der Waals surface area contributed by atoms with E-state index in [0.29, 0.717) is 18.1 Å². The number of benzene rings is 1. The first-order chi connectivity index (χ1) is 15.6. The Morgan fingerprint density at radius 2 is 1.72 bits per heavy atom. The summed E-state index contributed by atoms with van der Waals surface area (Å²) in [4.78, 5) is 29.7. The summed E-state index contributed by atoms with van der Waals surface area (Å²) in [6.07, 6.45) is 9.83. The molecule has 2 bridgehead atoms.